The number of nitrogens with one attached hydrogen (secondary N) is 2. The van der Waals surface area contributed by atoms with Crippen LogP contribution in [0, 0.1) is 6.92 Å². The quantitative estimate of drug-likeness (QED) is 0.330. The number of rotatable bonds is 14. The molecule has 7 nitrogen and oxygen atoms in total. The molecular weight excluding hydrogens is 442 g/mol. The van der Waals surface area contributed by atoms with Gasteiger partial charge < -0.3 is 20.3 Å². The molecule has 2 unspecified atom stereocenters. The van der Waals surface area contributed by atoms with E-state index in [2.05, 4.69) is 24.5 Å². The normalized spacial score (nSPS) is 13.0. The molecule has 0 spiro atoms. The number of amides is 3. The summed E-state index contributed by atoms with van der Waals surface area (Å²) in [6, 6.07) is 6.11. The molecule has 0 radical (unpaired) electrons. The van der Waals surface area contributed by atoms with Crippen molar-refractivity contribution in [3.63, 3.8) is 0 Å². The summed E-state index contributed by atoms with van der Waals surface area (Å²) in [5.74, 6) is -0.501. The zero-order valence-electron chi connectivity index (χ0n) is 22.9. The van der Waals surface area contributed by atoms with Gasteiger partial charge in [0.05, 0.1) is 0 Å². The molecule has 0 aromatic heterocycles. The van der Waals surface area contributed by atoms with Gasteiger partial charge in [0.1, 0.15) is 17.7 Å². The third-order valence-electron chi connectivity index (χ3n) is 5.64. The topological polar surface area (TPSA) is 87.7 Å². The van der Waals surface area contributed by atoms with Crippen molar-refractivity contribution >= 4 is 17.9 Å². The standard InChI is InChI=1S/C28H47N3O4/c1-8-10-12-13-14-19-31(26(33)22(4)30-27(34)35-28(5,6)7)24(25(32)29-18-11-9-2)23-17-15-16-21(3)20-23/h15-17,20,22,24H,8-14,18-19H2,1-7H3,(H,29,32)(H,30,34). The largest absolute Gasteiger partial charge is 0.444 e. The molecule has 3 amide bonds. The number of hydrogen-bond acceptors (Lipinski definition) is 4. The predicted molar refractivity (Wildman–Crippen MR) is 141 cm³/mol. The van der Waals surface area contributed by atoms with E-state index in [9.17, 15) is 14.4 Å². The van der Waals surface area contributed by atoms with E-state index >= 15 is 0 Å². The second kappa shape index (κ2) is 15.4. The van der Waals surface area contributed by atoms with Gasteiger partial charge in [-0.1, -0.05) is 75.8 Å². The van der Waals surface area contributed by atoms with Gasteiger partial charge in [-0.2, -0.15) is 0 Å². The lowest BCUT2D eigenvalue weighted by molar-refractivity contribution is -0.142. The van der Waals surface area contributed by atoms with Crippen molar-refractivity contribution < 1.29 is 19.1 Å². The fraction of sp³-hybridized carbons (Fsp3) is 0.679. The average Bonchev–Trinajstić information content (AvgIpc) is 2.76. The van der Waals surface area contributed by atoms with E-state index in [0.717, 1.165) is 56.1 Å². The first-order valence-corrected chi connectivity index (χ1v) is 13.1. The van der Waals surface area contributed by atoms with Crippen LogP contribution in [0.15, 0.2) is 24.3 Å². The Bertz CT molecular complexity index is 804. The van der Waals surface area contributed by atoms with E-state index in [0.29, 0.717) is 13.1 Å². The number of benzene rings is 1. The van der Waals surface area contributed by atoms with Gasteiger partial charge in [0, 0.05) is 13.1 Å². The molecule has 2 N–H and O–H groups in total. The highest BCUT2D eigenvalue weighted by molar-refractivity contribution is 5.92. The highest BCUT2D eigenvalue weighted by Gasteiger charge is 2.34. The van der Waals surface area contributed by atoms with Crippen molar-refractivity contribution in [2.45, 2.75) is 111 Å². The summed E-state index contributed by atoms with van der Waals surface area (Å²) in [4.78, 5) is 41.1. The van der Waals surface area contributed by atoms with Crippen LogP contribution in [0.4, 0.5) is 4.79 Å². The van der Waals surface area contributed by atoms with E-state index in [1.165, 1.54) is 0 Å². The lowest BCUT2D eigenvalue weighted by Crippen LogP contribution is -2.52. The number of carbonyl (C=O) groups is 3. The number of unbranched alkanes of at least 4 members (excludes halogenated alkanes) is 5. The monoisotopic (exact) mass is 489 g/mol. The Labute approximate surface area is 212 Å². The van der Waals surface area contributed by atoms with Gasteiger partial charge in [-0.25, -0.2) is 4.79 Å². The van der Waals surface area contributed by atoms with Crippen LogP contribution in [0.25, 0.3) is 0 Å². The van der Waals surface area contributed by atoms with Crippen molar-refractivity contribution in [2.75, 3.05) is 13.1 Å². The van der Waals surface area contributed by atoms with Crippen molar-refractivity contribution in [3.05, 3.63) is 35.4 Å². The molecule has 2 atom stereocenters. The number of hydrogen-bond donors (Lipinski definition) is 2. The van der Waals surface area contributed by atoms with Crippen molar-refractivity contribution in [3.8, 4) is 0 Å². The molecule has 0 saturated heterocycles. The Balaban J connectivity index is 3.23. The van der Waals surface area contributed by atoms with E-state index < -0.39 is 23.8 Å². The Hall–Kier alpha value is -2.57. The molecule has 1 aromatic carbocycles. The molecule has 7 heteroatoms. The number of alkyl carbamates (subject to hydrolysis) is 1. The fourth-order valence-corrected chi connectivity index (χ4v) is 3.85. The smallest absolute Gasteiger partial charge is 0.408 e. The molecule has 0 saturated carbocycles. The van der Waals surface area contributed by atoms with Crippen LogP contribution in [0.5, 0.6) is 0 Å². The van der Waals surface area contributed by atoms with Crippen LogP contribution >= 0.6 is 0 Å². The molecule has 1 aromatic rings. The minimum absolute atomic E-state index is 0.199. The van der Waals surface area contributed by atoms with Crippen LogP contribution in [0.2, 0.25) is 0 Å². The number of nitrogens with zero attached hydrogens (tertiary/aromatic N) is 1. The van der Waals surface area contributed by atoms with Gasteiger partial charge in [-0.05, 0) is 53.0 Å². The third kappa shape index (κ3) is 11.6. The summed E-state index contributed by atoms with van der Waals surface area (Å²) in [5, 5.41) is 5.67. The van der Waals surface area contributed by atoms with Crippen LogP contribution in [0.1, 0.15) is 104 Å². The first-order chi connectivity index (χ1) is 16.5. The fourth-order valence-electron chi connectivity index (χ4n) is 3.85. The molecule has 198 valence electrons. The maximum Gasteiger partial charge on any atom is 0.408 e. The lowest BCUT2D eigenvalue weighted by Gasteiger charge is -2.34. The highest BCUT2D eigenvalue weighted by Crippen LogP contribution is 2.24. The minimum Gasteiger partial charge on any atom is -0.444 e. The number of ether oxygens (including phenoxy) is 1. The Morgan fingerprint density at radius 3 is 2.26 bits per heavy atom. The number of carbonyl (C=O) groups excluding carboxylic acids is 3. The van der Waals surface area contributed by atoms with Crippen molar-refractivity contribution in [2.24, 2.45) is 0 Å². The zero-order valence-corrected chi connectivity index (χ0v) is 22.9. The van der Waals surface area contributed by atoms with Crippen molar-refractivity contribution in [1.29, 1.82) is 0 Å². The summed E-state index contributed by atoms with van der Waals surface area (Å²) >= 11 is 0. The van der Waals surface area contributed by atoms with Gasteiger partial charge in [0.25, 0.3) is 0 Å². The summed E-state index contributed by atoms with van der Waals surface area (Å²) in [5.41, 5.74) is 1.12. The minimum atomic E-state index is -0.837. The van der Waals surface area contributed by atoms with E-state index in [-0.39, 0.29) is 11.8 Å². The highest BCUT2D eigenvalue weighted by atomic mass is 16.6. The van der Waals surface area contributed by atoms with Gasteiger partial charge in [0.15, 0.2) is 0 Å². The molecule has 0 aliphatic heterocycles. The third-order valence-corrected chi connectivity index (χ3v) is 5.64. The molecule has 0 heterocycles. The summed E-state index contributed by atoms with van der Waals surface area (Å²) in [6.45, 7) is 14.2. The second-order valence-corrected chi connectivity index (χ2v) is 10.3. The van der Waals surface area contributed by atoms with E-state index in [1.807, 2.05) is 31.2 Å². The van der Waals surface area contributed by atoms with Gasteiger partial charge in [0.2, 0.25) is 11.8 Å². The van der Waals surface area contributed by atoms with Gasteiger partial charge in [-0.15, -0.1) is 0 Å². The maximum atomic E-state index is 13.7. The molecule has 0 fully saturated rings. The Kier molecular flexibility index (Phi) is 13.4. The molecule has 0 aliphatic carbocycles. The van der Waals surface area contributed by atoms with Gasteiger partial charge >= 0.3 is 6.09 Å². The van der Waals surface area contributed by atoms with Crippen LogP contribution in [-0.4, -0.2) is 47.5 Å². The van der Waals surface area contributed by atoms with Crippen LogP contribution < -0.4 is 10.6 Å². The second-order valence-electron chi connectivity index (χ2n) is 10.3. The molecular formula is C28H47N3O4. The molecule has 35 heavy (non-hydrogen) atoms. The van der Waals surface area contributed by atoms with Crippen molar-refractivity contribution in [1.82, 2.24) is 15.5 Å². The van der Waals surface area contributed by atoms with Crippen LogP contribution in [0.3, 0.4) is 0 Å². The average molecular weight is 490 g/mol. The Morgan fingerprint density at radius 1 is 1.00 bits per heavy atom. The van der Waals surface area contributed by atoms with Gasteiger partial charge in [-0.3, -0.25) is 9.59 Å². The Morgan fingerprint density at radius 2 is 1.66 bits per heavy atom. The molecule has 0 bridgehead atoms. The first kappa shape index (κ1) is 30.5. The molecule has 1 rings (SSSR count). The summed E-state index contributed by atoms with van der Waals surface area (Å²) in [7, 11) is 0. The molecule has 0 aliphatic rings. The van der Waals surface area contributed by atoms with E-state index in [1.54, 1.807) is 32.6 Å². The summed E-state index contributed by atoms with van der Waals surface area (Å²) < 4.78 is 5.34. The van der Waals surface area contributed by atoms with E-state index in [4.69, 9.17) is 4.74 Å². The maximum absolute atomic E-state index is 13.7. The predicted octanol–water partition coefficient (Wildman–Crippen LogP) is 5.66. The zero-order chi connectivity index (χ0) is 26.4. The number of aryl methyl sites for hydroxylation is 1. The SMILES string of the molecule is CCCCCCCN(C(=O)C(C)NC(=O)OC(C)(C)C)C(C(=O)NCCCC)c1cccc(C)c1. The first-order valence-electron chi connectivity index (χ1n) is 13.1. The van der Waals surface area contributed by atoms with Crippen LogP contribution in [-0.2, 0) is 14.3 Å². The summed E-state index contributed by atoms with van der Waals surface area (Å²) in [6.07, 6.45) is 6.30. The lowest BCUT2D eigenvalue weighted by atomic mass is 10.00.